The summed E-state index contributed by atoms with van der Waals surface area (Å²) in [5, 5.41) is 13.5. The van der Waals surface area contributed by atoms with E-state index in [1.807, 2.05) is 0 Å². The summed E-state index contributed by atoms with van der Waals surface area (Å²) >= 11 is 3.04. The number of carbonyl (C=O) groups is 1. The van der Waals surface area contributed by atoms with Gasteiger partial charge in [-0.05, 0) is 13.0 Å². The minimum absolute atomic E-state index is 0.0187. The lowest BCUT2D eigenvalue weighted by Gasteiger charge is -2.06. The molecule has 1 heterocycles. The highest BCUT2D eigenvalue weighted by Crippen LogP contribution is 2.23. The lowest BCUT2D eigenvalue weighted by Crippen LogP contribution is -2.15. The van der Waals surface area contributed by atoms with E-state index in [9.17, 15) is 14.9 Å². The van der Waals surface area contributed by atoms with Gasteiger partial charge in [0.05, 0.1) is 15.9 Å². The predicted molar refractivity (Wildman–Crippen MR) is 81.3 cm³/mol. The smallest absolute Gasteiger partial charge is 0.270 e. The number of nitro groups is 1. The number of halogens is 1. The molecule has 0 saturated carbocycles. The Balaban J connectivity index is 2.41. The third-order valence-corrected chi connectivity index (χ3v) is 3.09. The van der Waals surface area contributed by atoms with Crippen LogP contribution in [0.2, 0.25) is 0 Å². The van der Waals surface area contributed by atoms with Crippen LogP contribution in [-0.4, -0.2) is 26.1 Å². The van der Waals surface area contributed by atoms with E-state index >= 15 is 0 Å². The van der Waals surface area contributed by atoms with Crippen LogP contribution in [0.5, 0.6) is 0 Å². The van der Waals surface area contributed by atoms with E-state index in [2.05, 4.69) is 31.2 Å². The second-order valence-corrected chi connectivity index (χ2v) is 4.77. The van der Waals surface area contributed by atoms with Crippen LogP contribution in [0, 0.1) is 17.0 Å². The Morgan fingerprint density at radius 2 is 2.14 bits per heavy atom. The van der Waals surface area contributed by atoms with E-state index < -0.39 is 4.92 Å². The molecule has 0 aliphatic rings. The molecule has 1 aromatic heterocycles. The molecule has 0 aliphatic carbocycles. The maximum atomic E-state index is 11.4. The van der Waals surface area contributed by atoms with Gasteiger partial charge in [0.1, 0.15) is 0 Å². The van der Waals surface area contributed by atoms with Gasteiger partial charge in [-0.15, -0.1) is 0 Å². The van der Waals surface area contributed by atoms with Crippen molar-refractivity contribution in [2.24, 2.45) is 0 Å². The molecule has 0 bridgehead atoms. The third kappa shape index (κ3) is 3.82. The highest BCUT2D eigenvalue weighted by molar-refractivity contribution is 9.09. The van der Waals surface area contributed by atoms with Gasteiger partial charge >= 0.3 is 0 Å². The Morgan fingerprint density at radius 3 is 2.81 bits per heavy atom. The number of aromatic nitrogens is 2. The number of non-ortho nitro benzene ring substituents is 1. The summed E-state index contributed by atoms with van der Waals surface area (Å²) in [5.74, 6) is -0.105. The van der Waals surface area contributed by atoms with E-state index in [-0.39, 0.29) is 22.9 Å². The van der Waals surface area contributed by atoms with Gasteiger partial charge in [-0.3, -0.25) is 20.2 Å². The zero-order valence-electron chi connectivity index (χ0n) is 11.0. The molecule has 0 radical (unpaired) electrons. The molecule has 0 atom stereocenters. The lowest BCUT2D eigenvalue weighted by atomic mass is 10.1. The van der Waals surface area contributed by atoms with Gasteiger partial charge in [0.15, 0.2) is 0 Å². The van der Waals surface area contributed by atoms with Gasteiger partial charge in [0.25, 0.3) is 5.69 Å². The first-order valence-corrected chi connectivity index (χ1v) is 7.08. The van der Waals surface area contributed by atoms with Gasteiger partial charge in [0.2, 0.25) is 11.9 Å². The van der Waals surface area contributed by atoms with Crippen LogP contribution in [0.15, 0.2) is 30.3 Å². The number of nitrogens with zero attached hydrogens (tertiary/aromatic N) is 3. The van der Waals surface area contributed by atoms with Gasteiger partial charge in [-0.1, -0.05) is 28.1 Å². The Hall–Kier alpha value is -2.35. The van der Waals surface area contributed by atoms with Crippen LogP contribution < -0.4 is 5.32 Å². The summed E-state index contributed by atoms with van der Waals surface area (Å²) in [6.07, 6.45) is 0. The van der Waals surface area contributed by atoms with Crippen molar-refractivity contribution >= 4 is 33.5 Å². The number of carbonyl (C=O) groups excluding carboxylic acids is 1. The average molecular weight is 351 g/mol. The van der Waals surface area contributed by atoms with Crippen molar-refractivity contribution in [1.29, 1.82) is 0 Å². The molecule has 2 aromatic rings. The first-order chi connectivity index (χ1) is 9.99. The largest absolute Gasteiger partial charge is 0.294 e. The number of benzene rings is 1. The molecule has 7 nitrogen and oxygen atoms in total. The molecular weight excluding hydrogens is 340 g/mol. The molecule has 1 aromatic carbocycles. The Bertz CT molecular complexity index is 706. The first-order valence-electron chi connectivity index (χ1n) is 5.96. The maximum absolute atomic E-state index is 11.4. The number of alkyl halides is 1. The normalized spacial score (nSPS) is 10.2. The molecule has 0 fully saturated rings. The fourth-order valence-corrected chi connectivity index (χ4v) is 1.85. The fraction of sp³-hybridized carbons (Fsp3) is 0.154. The summed E-state index contributed by atoms with van der Waals surface area (Å²) in [5.41, 5.74) is 1.73. The molecule has 8 heteroatoms. The molecular formula is C13H11BrN4O3. The van der Waals surface area contributed by atoms with Crippen LogP contribution in [0.3, 0.4) is 0 Å². The number of hydrogen-bond acceptors (Lipinski definition) is 5. The Labute approximate surface area is 128 Å². The number of rotatable bonds is 4. The predicted octanol–water partition coefficient (Wildman–Crippen LogP) is 2.69. The van der Waals surface area contributed by atoms with E-state index in [4.69, 9.17) is 0 Å². The Morgan fingerprint density at radius 1 is 1.38 bits per heavy atom. The van der Waals surface area contributed by atoms with Crippen molar-refractivity contribution in [2.75, 3.05) is 10.6 Å². The summed E-state index contributed by atoms with van der Waals surface area (Å²) in [6.45, 7) is 1.76. The zero-order valence-corrected chi connectivity index (χ0v) is 12.6. The van der Waals surface area contributed by atoms with Gasteiger partial charge < -0.3 is 0 Å². The molecule has 2 rings (SSSR count). The SMILES string of the molecule is Cc1cc(-c2cccc([N+](=O)[O-])c2)nc(NC(=O)CBr)n1. The molecule has 108 valence electrons. The number of hydrogen-bond donors (Lipinski definition) is 1. The van der Waals surface area contributed by atoms with Crippen molar-refractivity contribution in [2.45, 2.75) is 6.92 Å². The quantitative estimate of drug-likeness (QED) is 0.519. The summed E-state index contributed by atoms with van der Waals surface area (Å²) < 4.78 is 0. The highest BCUT2D eigenvalue weighted by Gasteiger charge is 2.11. The summed E-state index contributed by atoms with van der Waals surface area (Å²) in [4.78, 5) is 30.0. The number of anilines is 1. The second kappa shape index (κ2) is 6.40. The molecule has 21 heavy (non-hydrogen) atoms. The lowest BCUT2D eigenvalue weighted by molar-refractivity contribution is -0.384. The Kier molecular flexibility index (Phi) is 4.59. The molecule has 0 saturated heterocycles. The van der Waals surface area contributed by atoms with E-state index in [0.717, 1.165) is 0 Å². The van der Waals surface area contributed by atoms with Crippen LogP contribution in [-0.2, 0) is 4.79 Å². The van der Waals surface area contributed by atoms with Gasteiger partial charge in [-0.25, -0.2) is 9.97 Å². The average Bonchev–Trinajstić information content (AvgIpc) is 2.46. The topological polar surface area (TPSA) is 98.0 Å². The van der Waals surface area contributed by atoms with Crippen LogP contribution in [0.25, 0.3) is 11.3 Å². The van der Waals surface area contributed by atoms with Crippen LogP contribution >= 0.6 is 15.9 Å². The molecule has 1 amide bonds. The number of nitro benzene ring substituents is 1. The zero-order chi connectivity index (χ0) is 15.4. The number of nitrogens with one attached hydrogen (secondary N) is 1. The van der Waals surface area contributed by atoms with Crippen molar-refractivity contribution < 1.29 is 9.72 Å². The minimum atomic E-state index is -0.467. The third-order valence-electron chi connectivity index (χ3n) is 2.58. The summed E-state index contributed by atoms with van der Waals surface area (Å²) in [7, 11) is 0. The van der Waals surface area contributed by atoms with Crippen molar-refractivity contribution in [3.63, 3.8) is 0 Å². The van der Waals surface area contributed by atoms with Gasteiger partial charge in [-0.2, -0.15) is 0 Å². The first kappa shape index (κ1) is 15.0. The molecule has 0 spiro atoms. The van der Waals surface area contributed by atoms with E-state index in [0.29, 0.717) is 17.0 Å². The van der Waals surface area contributed by atoms with E-state index in [1.54, 1.807) is 25.1 Å². The highest BCUT2D eigenvalue weighted by atomic mass is 79.9. The van der Waals surface area contributed by atoms with Gasteiger partial charge in [0, 0.05) is 23.4 Å². The monoisotopic (exact) mass is 350 g/mol. The van der Waals surface area contributed by atoms with Crippen molar-refractivity contribution in [3.8, 4) is 11.3 Å². The van der Waals surface area contributed by atoms with E-state index in [1.165, 1.54) is 12.1 Å². The fourth-order valence-electron chi connectivity index (χ4n) is 1.71. The minimum Gasteiger partial charge on any atom is -0.294 e. The number of aryl methyl sites for hydroxylation is 1. The maximum Gasteiger partial charge on any atom is 0.270 e. The summed E-state index contributed by atoms with van der Waals surface area (Å²) in [6, 6.07) is 7.83. The van der Waals surface area contributed by atoms with Crippen molar-refractivity contribution in [3.05, 3.63) is 46.1 Å². The molecule has 1 N–H and O–H groups in total. The molecule has 0 unspecified atom stereocenters. The van der Waals surface area contributed by atoms with Crippen LogP contribution in [0.1, 0.15) is 5.69 Å². The molecule has 0 aliphatic heterocycles. The van der Waals surface area contributed by atoms with Crippen molar-refractivity contribution in [1.82, 2.24) is 9.97 Å². The second-order valence-electron chi connectivity index (χ2n) is 4.21. The number of amides is 1. The standard InChI is InChI=1S/C13H11BrN4O3/c1-8-5-11(16-13(15-8)17-12(19)7-14)9-3-2-4-10(6-9)18(20)21/h2-6H,7H2,1H3,(H,15,16,17,19). The van der Waals surface area contributed by atoms with Crippen LogP contribution in [0.4, 0.5) is 11.6 Å².